The molecule has 2 aromatic rings. The predicted octanol–water partition coefficient (Wildman–Crippen LogP) is 2.98. The second-order valence-electron chi connectivity index (χ2n) is 4.33. The molecule has 0 amide bonds. The normalized spacial score (nSPS) is 10.1. The molecule has 0 aliphatic carbocycles. The van der Waals surface area contributed by atoms with Crippen molar-refractivity contribution in [3.63, 3.8) is 0 Å². The Hall–Kier alpha value is -3.09. The zero-order valence-corrected chi connectivity index (χ0v) is 11.9. The molecule has 2 rings (SSSR count). The summed E-state index contributed by atoms with van der Waals surface area (Å²) in [5.74, 6) is -0.777. The number of aromatic carboxylic acids is 1. The van der Waals surface area contributed by atoms with Gasteiger partial charge in [0.2, 0.25) is 0 Å². The van der Waals surface area contributed by atoms with Gasteiger partial charge in [0, 0.05) is 17.7 Å². The average molecular weight is 303 g/mol. The number of nitro groups is 1. The van der Waals surface area contributed by atoms with Gasteiger partial charge in [0.25, 0.3) is 5.69 Å². The molecule has 0 bridgehead atoms. The number of methoxy groups -OCH3 is 2. The number of ether oxygens (including phenoxy) is 2. The first kappa shape index (κ1) is 15.3. The van der Waals surface area contributed by atoms with E-state index in [4.69, 9.17) is 9.47 Å². The molecule has 0 spiro atoms. The lowest BCUT2D eigenvalue weighted by molar-refractivity contribution is -0.384. The van der Waals surface area contributed by atoms with Crippen molar-refractivity contribution in [2.45, 2.75) is 0 Å². The van der Waals surface area contributed by atoms with E-state index in [1.165, 1.54) is 38.5 Å². The summed E-state index contributed by atoms with van der Waals surface area (Å²) in [7, 11) is 2.76. The Morgan fingerprint density at radius 2 is 1.73 bits per heavy atom. The predicted molar refractivity (Wildman–Crippen MR) is 78.6 cm³/mol. The molecule has 0 aromatic heterocycles. The van der Waals surface area contributed by atoms with Gasteiger partial charge in [-0.25, -0.2) is 4.79 Å². The van der Waals surface area contributed by atoms with Crippen molar-refractivity contribution < 1.29 is 24.3 Å². The van der Waals surface area contributed by atoms with Gasteiger partial charge in [-0.15, -0.1) is 0 Å². The maximum Gasteiger partial charge on any atom is 0.340 e. The van der Waals surface area contributed by atoms with Crippen LogP contribution < -0.4 is 9.47 Å². The number of carbonyl (C=O) groups is 1. The van der Waals surface area contributed by atoms with Crippen molar-refractivity contribution in [1.29, 1.82) is 0 Å². The molecule has 0 heterocycles. The summed E-state index contributed by atoms with van der Waals surface area (Å²) in [6.45, 7) is 0. The molecule has 2 aromatic carbocycles. The van der Waals surface area contributed by atoms with Gasteiger partial charge in [-0.1, -0.05) is 0 Å². The second kappa shape index (κ2) is 6.13. The lowest BCUT2D eigenvalue weighted by atomic mass is 9.98. The topological polar surface area (TPSA) is 98.9 Å². The molecule has 0 atom stereocenters. The Bertz CT molecular complexity index is 724. The first-order valence-electron chi connectivity index (χ1n) is 6.22. The van der Waals surface area contributed by atoms with Gasteiger partial charge >= 0.3 is 5.97 Å². The number of nitrogens with zero attached hydrogens (tertiary/aromatic N) is 1. The Balaban J connectivity index is 2.64. The van der Waals surface area contributed by atoms with Crippen LogP contribution in [0.25, 0.3) is 11.1 Å². The van der Waals surface area contributed by atoms with Gasteiger partial charge in [-0.05, 0) is 29.8 Å². The van der Waals surface area contributed by atoms with E-state index in [1.54, 1.807) is 12.1 Å². The van der Waals surface area contributed by atoms with Crippen molar-refractivity contribution in [3.8, 4) is 22.6 Å². The zero-order chi connectivity index (χ0) is 16.3. The van der Waals surface area contributed by atoms with Crippen LogP contribution >= 0.6 is 0 Å². The molecule has 0 aliphatic heterocycles. The molecule has 0 aliphatic rings. The first-order valence-corrected chi connectivity index (χ1v) is 6.22. The van der Waals surface area contributed by atoms with E-state index in [1.807, 2.05) is 0 Å². The standard InChI is InChI=1S/C15H13NO6/c1-21-12-8-7-11(13(15(17)18)14(12)22-2)9-3-5-10(6-4-9)16(19)20/h3-8H,1-2H3,(H,17,18). The highest BCUT2D eigenvalue weighted by Crippen LogP contribution is 2.38. The monoisotopic (exact) mass is 303 g/mol. The number of rotatable bonds is 5. The maximum absolute atomic E-state index is 11.6. The molecule has 7 heteroatoms. The number of nitro benzene ring substituents is 1. The molecule has 22 heavy (non-hydrogen) atoms. The fourth-order valence-corrected chi connectivity index (χ4v) is 2.14. The van der Waals surface area contributed by atoms with Crippen molar-refractivity contribution >= 4 is 11.7 Å². The number of benzene rings is 2. The smallest absolute Gasteiger partial charge is 0.340 e. The van der Waals surface area contributed by atoms with E-state index in [9.17, 15) is 20.0 Å². The van der Waals surface area contributed by atoms with Crippen LogP contribution in [-0.4, -0.2) is 30.2 Å². The highest BCUT2D eigenvalue weighted by molar-refractivity contribution is 6.00. The molecule has 7 nitrogen and oxygen atoms in total. The number of non-ortho nitro benzene ring substituents is 1. The molecule has 0 radical (unpaired) electrons. The van der Waals surface area contributed by atoms with Gasteiger partial charge in [-0.3, -0.25) is 10.1 Å². The number of carboxylic acids is 1. The highest BCUT2D eigenvalue weighted by Gasteiger charge is 2.22. The van der Waals surface area contributed by atoms with Crippen molar-refractivity contribution in [1.82, 2.24) is 0 Å². The Labute approximate surface area is 125 Å². The van der Waals surface area contributed by atoms with Crippen molar-refractivity contribution in [2.24, 2.45) is 0 Å². The van der Waals surface area contributed by atoms with E-state index in [0.29, 0.717) is 16.9 Å². The van der Waals surface area contributed by atoms with E-state index < -0.39 is 10.9 Å². The minimum absolute atomic E-state index is 0.0595. The molecular weight excluding hydrogens is 290 g/mol. The van der Waals surface area contributed by atoms with Crippen LogP contribution in [-0.2, 0) is 0 Å². The van der Waals surface area contributed by atoms with E-state index >= 15 is 0 Å². The van der Waals surface area contributed by atoms with Crippen LogP contribution in [0.3, 0.4) is 0 Å². The van der Waals surface area contributed by atoms with Gasteiger partial charge in [-0.2, -0.15) is 0 Å². The fourth-order valence-electron chi connectivity index (χ4n) is 2.14. The van der Waals surface area contributed by atoms with Crippen LogP contribution in [0.5, 0.6) is 11.5 Å². The first-order chi connectivity index (χ1) is 10.5. The summed E-state index contributed by atoms with van der Waals surface area (Å²) in [6.07, 6.45) is 0. The minimum Gasteiger partial charge on any atom is -0.493 e. The third-order valence-electron chi connectivity index (χ3n) is 3.15. The van der Waals surface area contributed by atoms with Gasteiger partial charge in [0.15, 0.2) is 11.5 Å². The van der Waals surface area contributed by atoms with Crippen LogP contribution in [0.4, 0.5) is 5.69 Å². The number of carboxylic acid groups (broad SMARTS) is 1. The van der Waals surface area contributed by atoms with E-state index in [2.05, 4.69) is 0 Å². The Morgan fingerprint density at radius 1 is 1.09 bits per heavy atom. The SMILES string of the molecule is COc1ccc(-c2ccc([N+](=O)[O-])cc2)c(C(=O)O)c1OC. The largest absolute Gasteiger partial charge is 0.493 e. The Kier molecular flexibility index (Phi) is 4.26. The van der Waals surface area contributed by atoms with Crippen molar-refractivity contribution in [3.05, 3.63) is 52.1 Å². The van der Waals surface area contributed by atoms with Crippen molar-refractivity contribution in [2.75, 3.05) is 14.2 Å². The van der Waals surface area contributed by atoms with Crippen LogP contribution in [0.1, 0.15) is 10.4 Å². The quantitative estimate of drug-likeness (QED) is 0.673. The summed E-state index contributed by atoms with van der Waals surface area (Å²) >= 11 is 0. The second-order valence-corrected chi connectivity index (χ2v) is 4.33. The van der Waals surface area contributed by atoms with Crippen LogP contribution in [0.2, 0.25) is 0 Å². The third kappa shape index (κ3) is 2.69. The molecule has 114 valence electrons. The molecule has 1 N–H and O–H groups in total. The molecule has 0 saturated heterocycles. The lowest BCUT2D eigenvalue weighted by Crippen LogP contribution is -2.05. The summed E-state index contributed by atoms with van der Waals surface area (Å²) in [5.41, 5.74) is 0.792. The summed E-state index contributed by atoms with van der Waals surface area (Å²) in [6, 6.07) is 8.78. The van der Waals surface area contributed by atoms with Crippen LogP contribution in [0, 0.1) is 10.1 Å². The lowest BCUT2D eigenvalue weighted by Gasteiger charge is -2.14. The molecular formula is C15H13NO6. The van der Waals surface area contributed by atoms with Gasteiger partial charge in [0.1, 0.15) is 5.56 Å². The highest BCUT2D eigenvalue weighted by atomic mass is 16.6. The van der Waals surface area contributed by atoms with E-state index in [-0.39, 0.29) is 17.0 Å². The van der Waals surface area contributed by atoms with E-state index in [0.717, 1.165) is 0 Å². The van der Waals surface area contributed by atoms with Gasteiger partial charge < -0.3 is 14.6 Å². The third-order valence-corrected chi connectivity index (χ3v) is 3.15. The fraction of sp³-hybridized carbons (Fsp3) is 0.133. The summed E-state index contributed by atoms with van der Waals surface area (Å²) in [4.78, 5) is 21.7. The van der Waals surface area contributed by atoms with Crippen LogP contribution in [0.15, 0.2) is 36.4 Å². The zero-order valence-electron chi connectivity index (χ0n) is 11.9. The Morgan fingerprint density at radius 3 is 2.18 bits per heavy atom. The summed E-state index contributed by atoms with van der Waals surface area (Å²) < 4.78 is 10.2. The molecule has 0 saturated carbocycles. The van der Waals surface area contributed by atoms with Gasteiger partial charge in [0.05, 0.1) is 19.1 Å². The minimum atomic E-state index is -1.18. The molecule has 0 unspecified atom stereocenters. The number of hydrogen-bond acceptors (Lipinski definition) is 5. The summed E-state index contributed by atoms with van der Waals surface area (Å²) in [5, 5.41) is 20.1. The average Bonchev–Trinajstić information content (AvgIpc) is 2.53. The maximum atomic E-state index is 11.6. The number of hydrogen-bond donors (Lipinski definition) is 1. The molecule has 0 fully saturated rings.